The molecule has 6 heteroatoms. The minimum absolute atomic E-state index is 0.0779. The minimum atomic E-state index is -0.386. The molecule has 0 atom stereocenters. The summed E-state index contributed by atoms with van der Waals surface area (Å²) in [7, 11) is 0. The van der Waals surface area contributed by atoms with Crippen LogP contribution in [0.3, 0.4) is 0 Å². The molecule has 2 aromatic heterocycles. The van der Waals surface area contributed by atoms with Crippen molar-refractivity contribution in [2.24, 2.45) is 0 Å². The predicted octanol–water partition coefficient (Wildman–Crippen LogP) is 4.27. The molecule has 0 saturated carbocycles. The van der Waals surface area contributed by atoms with Gasteiger partial charge in [-0.2, -0.15) is 0 Å². The number of aromatic nitrogens is 1. The van der Waals surface area contributed by atoms with E-state index in [1.165, 1.54) is 29.8 Å². The van der Waals surface area contributed by atoms with Crippen LogP contribution in [0.2, 0.25) is 0 Å². The Labute approximate surface area is 158 Å². The van der Waals surface area contributed by atoms with E-state index < -0.39 is 0 Å². The number of hydrogen-bond donors (Lipinski definition) is 1. The zero-order valence-corrected chi connectivity index (χ0v) is 16.2. The van der Waals surface area contributed by atoms with Crippen LogP contribution in [0.5, 0.6) is 0 Å². The van der Waals surface area contributed by atoms with Crippen molar-refractivity contribution in [3.8, 4) is 0 Å². The molecule has 0 saturated heterocycles. The van der Waals surface area contributed by atoms with E-state index in [0.717, 1.165) is 29.5 Å². The van der Waals surface area contributed by atoms with Gasteiger partial charge in [-0.15, -0.1) is 11.3 Å². The average Bonchev–Trinajstić information content (AvgIpc) is 3.18. The lowest BCUT2D eigenvalue weighted by atomic mass is 9.97. The van der Waals surface area contributed by atoms with Crippen LogP contribution in [-0.2, 0) is 16.1 Å². The first-order chi connectivity index (χ1) is 12.5. The summed E-state index contributed by atoms with van der Waals surface area (Å²) < 4.78 is 7.09. The van der Waals surface area contributed by atoms with Crippen molar-refractivity contribution in [2.75, 3.05) is 6.54 Å². The van der Waals surface area contributed by atoms with Gasteiger partial charge in [0, 0.05) is 11.9 Å². The number of allylic oxidation sites excluding steroid dienone is 1. The molecule has 3 rings (SSSR count). The van der Waals surface area contributed by atoms with Gasteiger partial charge in [0.25, 0.3) is 0 Å². The fourth-order valence-electron chi connectivity index (χ4n) is 3.27. The van der Waals surface area contributed by atoms with E-state index in [-0.39, 0.29) is 24.5 Å². The lowest BCUT2D eigenvalue weighted by Crippen LogP contribution is -2.30. The van der Waals surface area contributed by atoms with E-state index >= 15 is 0 Å². The summed E-state index contributed by atoms with van der Waals surface area (Å²) in [5.74, 6) is -0.463. The Morgan fingerprint density at radius 2 is 2.19 bits per heavy atom. The lowest BCUT2D eigenvalue weighted by Gasteiger charge is -2.14. The third kappa shape index (κ3) is 4.55. The number of thiophene rings is 1. The topological polar surface area (TPSA) is 60.3 Å². The number of amides is 1. The summed E-state index contributed by atoms with van der Waals surface area (Å²) in [6.07, 6.45) is 7.85. The van der Waals surface area contributed by atoms with Crippen LogP contribution in [0.1, 0.15) is 56.4 Å². The first-order valence-corrected chi connectivity index (χ1v) is 10.1. The van der Waals surface area contributed by atoms with E-state index in [1.54, 1.807) is 10.6 Å². The standard InChI is InChI=1S/C20H26N2O3S/c1-14(2)25-20(24)17-12-16-9-11-26-19(16)22(17)13-18(23)21-10-8-15-6-4-3-5-7-15/h6,9,11-12,14H,3-5,7-8,10,13H2,1-2H3,(H,21,23). The first kappa shape index (κ1) is 18.7. The molecule has 1 N–H and O–H groups in total. The summed E-state index contributed by atoms with van der Waals surface area (Å²) in [5.41, 5.74) is 1.88. The molecule has 2 heterocycles. The fourth-order valence-corrected chi connectivity index (χ4v) is 4.17. The smallest absolute Gasteiger partial charge is 0.355 e. The van der Waals surface area contributed by atoms with Crippen LogP contribution in [0, 0.1) is 0 Å². The molecule has 1 aliphatic rings. The van der Waals surface area contributed by atoms with Crippen LogP contribution in [-0.4, -0.2) is 29.1 Å². The maximum absolute atomic E-state index is 12.4. The van der Waals surface area contributed by atoms with E-state index in [0.29, 0.717) is 12.2 Å². The van der Waals surface area contributed by atoms with Gasteiger partial charge in [-0.3, -0.25) is 4.79 Å². The number of carbonyl (C=O) groups excluding carboxylic acids is 2. The highest BCUT2D eigenvalue weighted by Gasteiger charge is 2.20. The van der Waals surface area contributed by atoms with Gasteiger partial charge in [0.05, 0.1) is 6.10 Å². The van der Waals surface area contributed by atoms with Crippen molar-refractivity contribution in [3.05, 3.63) is 34.9 Å². The molecule has 0 fully saturated rings. The quantitative estimate of drug-likeness (QED) is 0.581. The maximum Gasteiger partial charge on any atom is 0.355 e. The van der Waals surface area contributed by atoms with Gasteiger partial charge in [0.15, 0.2) is 0 Å². The average molecular weight is 375 g/mol. The highest BCUT2D eigenvalue weighted by atomic mass is 32.1. The van der Waals surface area contributed by atoms with Crippen molar-refractivity contribution >= 4 is 33.4 Å². The second kappa shape index (κ2) is 8.54. The van der Waals surface area contributed by atoms with Crippen LogP contribution >= 0.6 is 11.3 Å². The number of fused-ring (bicyclic) bond motifs is 1. The third-order valence-corrected chi connectivity index (χ3v) is 5.46. The highest BCUT2D eigenvalue weighted by molar-refractivity contribution is 7.16. The Bertz CT molecular complexity index is 816. The van der Waals surface area contributed by atoms with Crippen molar-refractivity contribution in [3.63, 3.8) is 0 Å². The largest absolute Gasteiger partial charge is 0.458 e. The monoisotopic (exact) mass is 374 g/mol. The molecule has 1 aliphatic carbocycles. The lowest BCUT2D eigenvalue weighted by molar-refractivity contribution is -0.121. The van der Waals surface area contributed by atoms with Gasteiger partial charge in [0.2, 0.25) is 5.91 Å². The molecular formula is C20H26N2O3S. The summed E-state index contributed by atoms with van der Waals surface area (Å²) in [6, 6.07) is 3.76. The number of esters is 1. The van der Waals surface area contributed by atoms with Crippen LogP contribution in [0.4, 0.5) is 0 Å². The molecule has 140 valence electrons. The summed E-state index contributed by atoms with van der Waals surface area (Å²) in [6.45, 7) is 4.41. The van der Waals surface area contributed by atoms with Crippen molar-refractivity contribution in [1.29, 1.82) is 0 Å². The number of ether oxygens (including phenoxy) is 1. The van der Waals surface area contributed by atoms with Gasteiger partial charge in [0.1, 0.15) is 17.1 Å². The Kier molecular flexibility index (Phi) is 6.14. The molecule has 0 spiro atoms. The molecule has 0 bridgehead atoms. The molecule has 2 aromatic rings. The fraction of sp³-hybridized carbons (Fsp3) is 0.500. The number of nitrogens with one attached hydrogen (secondary N) is 1. The van der Waals surface area contributed by atoms with E-state index in [9.17, 15) is 9.59 Å². The summed E-state index contributed by atoms with van der Waals surface area (Å²) in [5, 5.41) is 5.91. The first-order valence-electron chi connectivity index (χ1n) is 9.27. The van der Waals surface area contributed by atoms with Gasteiger partial charge < -0.3 is 14.6 Å². The van der Waals surface area contributed by atoms with E-state index in [4.69, 9.17) is 4.74 Å². The Morgan fingerprint density at radius 3 is 2.92 bits per heavy atom. The van der Waals surface area contributed by atoms with Crippen molar-refractivity contribution < 1.29 is 14.3 Å². The molecule has 0 aliphatic heterocycles. The second-order valence-electron chi connectivity index (χ2n) is 6.96. The van der Waals surface area contributed by atoms with Crippen LogP contribution in [0.15, 0.2) is 29.2 Å². The Hall–Kier alpha value is -2.08. The Morgan fingerprint density at radius 1 is 1.35 bits per heavy atom. The predicted molar refractivity (Wildman–Crippen MR) is 105 cm³/mol. The van der Waals surface area contributed by atoms with Crippen LogP contribution in [0.25, 0.3) is 10.2 Å². The van der Waals surface area contributed by atoms with Gasteiger partial charge in [-0.05, 0) is 63.5 Å². The Balaban J connectivity index is 1.64. The summed E-state index contributed by atoms with van der Waals surface area (Å²) >= 11 is 1.53. The van der Waals surface area contributed by atoms with Crippen molar-refractivity contribution in [2.45, 2.75) is 58.6 Å². The highest BCUT2D eigenvalue weighted by Crippen LogP contribution is 2.26. The van der Waals surface area contributed by atoms with Gasteiger partial charge in [-0.25, -0.2) is 4.79 Å². The second-order valence-corrected chi connectivity index (χ2v) is 7.85. The third-order valence-electron chi connectivity index (χ3n) is 4.51. The number of nitrogens with zero attached hydrogens (tertiary/aromatic N) is 1. The molecule has 26 heavy (non-hydrogen) atoms. The SMILES string of the molecule is CC(C)OC(=O)c1cc2ccsc2n1CC(=O)NCCC1=CCCCC1. The molecule has 0 radical (unpaired) electrons. The van der Waals surface area contributed by atoms with E-state index in [2.05, 4.69) is 11.4 Å². The molecular weight excluding hydrogens is 348 g/mol. The molecule has 5 nitrogen and oxygen atoms in total. The van der Waals surface area contributed by atoms with Crippen molar-refractivity contribution in [1.82, 2.24) is 9.88 Å². The number of carbonyl (C=O) groups is 2. The van der Waals surface area contributed by atoms with Gasteiger partial charge >= 0.3 is 5.97 Å². The summed E-state index contributed by atoms with van der Waals surface area (Å²) in [4.78, 5) is 25.7. The minimum Gasteiger partial charge on any atom is -0.458 e. The molecule has 1 amide bonds. The molecule has 0 aromatic carbocycles. The zero-order chi connectivity index (χ0) is 18.5. The zero-order valence-electron chi connectivity index (χ0n) is 15.4. The normalized spacial score (nSPS) is 14.5. The maximum atomic E-state index is 12.4. The molecule has 0 unspecified atom stereocenters. The van der Waals surface area contributed by atoms with Gasteiger partial charge in [-0.1, -0.05) is 11.6 Å². The van der Waals surface area contributed by atoms with Crippen LogP contribution < -0.4 is 5.32 Å². The van der Waals surface area contributed by atoms with E-state index in [1.807, 2.05) is 25.3 Å². The number of hydrogen-bond acceptors (Lipinski definition) is 4. The number of rotatable bonds is 7.